The molecule has 1 aromatic rings. The highest BCUT2D eigenvalue weighted by atomic mass is 16.6. The van der Waals surface area contributed by atoms with Crippen LogP contribution in [-0.2, 0) is 11.3 Å². The summed E-state index contributed by atoms with van der Waals surface area (Å²) in [7, 11) is 0. The van der Waals surface area contributed by atoms with Crippen LogP contribution in [0.15, 0.2) is 24.5 Å². The quantitative estimate of drug-likeness (QED) is 0.873. The Hall–Kier alpha value is -1.82. The lowest BCUT2D eigenvalue weighted by molar-refractivity contribution is -0.0414. The van der Waals surface area contributed by atoms with Crippen LogP contribution in [0.5, 0.6) is 0 Å². The van der Waals surface area contributed by atoms with Crippen molar-refractivity contribution in [2.45, 2.75) is 51.4 Å². The van der Waals surface area contributed by atoms with Crippen molar-refractivity contribution in [1.29, 1.82) is 5.41 Å². The molecule has 1 amide bonds. The van der Waals surface area contributed by atoms with E-state index in [0.717, 1.165) is 0 Å². The summed E-state index contributed by atoms with van der Waals surface area (Å²) in [6.45, 7) is 6.98. The number of nitrogens with zero attached hydrogens (tertiary/aromatic N) is 2. The molecule has 0 bridgehead atoms. The number of nitrogens with one attached hydrogen (secondary N) is 1. The lowest BCUT2D eigenvalue weighted by Gasteiger charge is -2.38. The largest absolute Gasteiger partial charge is 0.444 e. The molecule has 0 aromatic carbocycles. The first-order valence-corrected chi connectivity index (χ1v) is 7.58. The number of pyridine rings is 1. The molecular weight excluding hydrogens is 282 g/mol. The van der Waals surface area contributed by atoms with E-state index in [0.29, 0.717) is 37.8 Å². The van der Waals surface area contributed by atoms with E-state index in [1.165, 1.54) is 0 Å². The number of rotatable bonds is 2. The van der Waals surface area contributed by atoms with Crippen LogP contribution in [0.25, 0.3) is 0 Å². The Morgan fingerprint density at radius 3 is 2.36 bits per heavy atom. The minimum absolute atomic E-state index is 0.319. The molecule has 2 rings (SSSR count). The number of carbonyl (C=O) groups is 1. The highest BCUT2D eigenvalue weighted by molar-refractivity contribution is 5.68. The molecule has 0 radical (unpaired) electrons. The molecule has 1 aromatic heterocycles. The van der Waals surface area contributed by atoms with Crippen LogP contribution in [0.3, 0.4) is 0 Å². The van der Waals surface area contributed by atoms with Gasteiger partial charge in [-0.15, -0.1) is 0 Å². The molecular formula is C16H25N3O3. The summed E-state index contributed by atoms with van der Waals surface area (Å²) in [5.41, 5.74) is -1.33. The fraction of sp³-hybridized carbons (Fsp3) is 0.625. The van der Waals surface area contributed by atoms with Gasteiger partial charge in [-0.05, 0) is 45.7 Å². The van der Waals surface area contributed by atoms with E-state index in [2.05, 4.69) is 0 Å². The van der Waals surface area contributed by atoms with Gasteiger partial charge in [0.15, 0.2) is 0 Å². The summed E-state index contributed by atoms with van der Waals surface area (Å²) in [5, 5.41) is 18.6. The highest BCUT2D eigenvalue weighted by Crippen LogP contribution is 2.25. The van der Waals surface area contributed by atoms with Crippen molar-refractivity contribution in [3.63, 3.8) is 0 Å². The van der Waals surface area contributed by atoms with Crippen LogP contribution in [-0.4, -0.2) is 45.0 Å². The number of carbonyl (C=O) groups excluding carboxylic acids is 1. The van der Waals surface area contributed by atoms with Crippen molar-refractivity contribution in [2.75, 3.05) is 13.1 Å². The average Bonchev–Trinajstić information content (AvgIpc) is 2.40. The third-order valence-corrected chi connectivity index (χ3v) is 3.71. The fourth-order valence-electron chi connectivity index (χ4n) is 2.49. The Morgan fingerprint density at radius 1 is 1.32 bits per heavy atom. The summed E-state index contributed by atoms with van der Waals surface area (Å²) in [6, 6.07) is 3.39. The number of amides is 1. The third kappa shape index (κ3) is 4.59. The number of aliphatic hydroxyl groups is 1. The zero-order valence-corrected chi connectivity index (χ0v) is 13.5. The molecule has 22 heavy (non-hydrogen) atoms. The van der Waals surface area contributed by atoms with Gasteiger partial charge in [0.05, 0.1) is 17.5 Å². The molecule has 1 saturated heterocycles. The van der Waals surface area contributed by atoms with E-state index >= 15 is 0 Å². The third-order valence-electron chi connectivity index (χ3n) is 3.71. The molecule has 6 nitrogen and oxygen atoms in total. The van der Waals surface area contributed by atoms with Gasteiger partial charge in [0.2, 0.25) is 0 Å². The van der Waals surface area contributed by atoms with Crippen LogP contribution in [0.2, 0.25) is 0 Å². The molecule has 0 atom stereocenters. The molecule has 0 unspecified atom stereocenters. The fourth-order valence-corrected chi connectivity index (χ4v) is 2.49. The summed E-state index contributed by atoms with van der Waals surface area (Å²) < 4.78 is 7.23. The number of aromatic nitrogens is 1. The van der Waals surface area contributed by atoms with E-state index in [4.69, 9.17) is 10.1 Å². The number of hydrogen-bond donors (Lipinski definition) is 2. The second kappa shape index (κ2) is 6.12. The predicted molar refractivity (Wildman–Crippen MR) is 82.3 cm³/mol. The van der Waals surface area contributed by atoms with Crippen molar-refractivity contribution in [3.8, 4) is 0 Å². The number of ether oxygens (including phenoxy) is 1. The smallest absolute Gasteiger partial charge is 0.410 e. The molecule has 1 fully saturated rings. The Kier molecular flexibility index (Phi) is 4.60. The normalized spacial score (nSPS) is 18.1. The molecule has 0 saturated carbocycles. The number of likely N-dealkylation sites (tertiary alicyclic amines) is 1. The van der Waals surface area contributed by atoms with E-state index in [1.54, 1.807) is 29.4 Å². The lowest BCUT2D eigenvalue weighted by atomic mass is 9.91. The minimum atomic E-state index is -0.827. The van der Waals surface area contributed by atoms with E-state index in [-0.39, 0.29) is 6.09 Å². The van der Waals surface area contributed by atoms with Gasteiger partial charge < -0.3 is 24.7 Å². The minimum Gasteiger partial charge on any atom is -0.444 e. The maximum atomic E-state index is 12.0. The topological polar surface area (TPSA) is 78.5 Å². The predicted octanol–water partition coefficient (Wildman–Crippen LogP) is 1.73. The van der Waals surface area contributed by atoms with Crippen molar-refractivity contribution in [2.24, 2.45) is 0 Å². The van der Waals surface area contributed by atoms with Crippen LogP contribution < -0.4 is 5.36 Å². The van der Waals surface area contributed by atoms with Gasteiger partial charge in [0, 0.05) is 25.5 Å². The average molecular weight is 307 g/mol. The molecule has 1 aliphatic heterocycles. The monoisotopic (exact) mass is 307 g/mol. The van der Waals surface area contributed by atoms with Crippen molar-refractivity contribution in [3.05, 3.63) is 29.9 Å². The Balaban J connectivity index is 1.91. The van der Waals surface area contributed by atoms with Crippen molar-refractivity contribution >= 4 is 6.09 Å². The first-order chi connectivity index (χ1) is 10.2. The van der Waals surface area contributed by atoms with Crippen LogP contribution in [0.4, 0.5) is 4.79 Å². The molecule has 6 heteroatoms. The van der Waals surface area contributed by atoms with Gasteiger partial charge in [-0.25, -0.2) is 4.79 Å². The van der Waals surface area contributed by atoms with E-state index in [1.807, 2.05) is 25.3 Å². The van der Waals surface area contributed by atoms with Gasteiger partial charge in [-0.1, -0.05) is 0 Å². The second-order valence-corrected chi connectivity index (χ2v) is 6.95. The lowest BCUT2D eigenvalue weighted by Crippen LogP contribution is -2.49. The SMILES string of the molecule is CC(C)(C)OC(=O)N1CCC(O)(Cn2ccc(=N)cc2)CC1. The number of piperidine rings is 1. The summed E-state index contributed by atoms with van der Waals surface area (Å²) in [5.74, 6) is 0. The summed E-state index contributed by atoms with van der Waals surface area (Å²) in [6.07, 6.45) is 4.30. The van der Waals surface area contributed by atoms with Crippen molar-refractivity contribution in [1.82, 2.24) is 9.47 Å². The highest BCUT2D eigenvalue weighted by Gasteiger charge is 2.35. The standard InChI is InChI=1S/C16H25N3O3/c1-15(2,3)22-14(20)19-10-6-16(21,7-11-19)12-18-8-4-13(17)5-9-18/h4-5,8-9,17,21H,6-7,10-12H2,1-3H3. The maximum Gasteiger partial charge on any atom is 0.410 e. The van der Waals surface area contributed by atoms with Gasteiger partial charge >= 0.3 is 6.09 Å². The first kappa shape index (κ1) is 16.5. The zero-order chi connectivity index (χ0) is 16.4. The summed E-state index contributed by atoms with van der Waals surface area (Å²) >= 11 is 0. The Morgan fingerprint density at radius 2 is 1.86 bits per heavy atom. The Labute approximate surface area is 130 Å². The van der Waals surface area contributed by atoms with Gasteiger partial charge in [0.1, 0.15) is 5.60 Å². The molecule has 1 aliphatic rings. The molecule has 122 valence electrons. The maximum absolute atomic E-state index is 12.0. The Bertz CT molecular complexity index is 561. The molecule has 0 aliphatic carbocycles. The number of hydrogen-bond acceptors (Lipinski definition) is 4. The molecule has 0 spiro atoms. The zero-order valence-electron chi connectivity index (χ0n) is 13.5. The molecule has 2 heterocycles. The van der Waals surface area contributed by atoms with Gasteiger partial charge in [-0.3, -0.25) is 0 Å². The van der Waals surface area contributed by atoms with Crippen molar-refractivity contribution < 1.29 is 14.6 Å². The second-order valence-electron chi connectivity index (χ2n) is 6.95. The molecule has 2 N–H and O–H groups in total. The van der Waals surface area contributed by atoms with Crippen LogP contribution in [0, 0.1) is 5.41 Å². The summed E-state index contributed by atoms with van der Waals surface area (Å²) in [4.78, 5) is 13.7. The van der Waals surface area contributed by atoms with Gasteiger partial charge in [0.25, 0.3) is 0 Å². The first-order valence-electron chi connectivity index (χ1n) is 7.58. The van der Waals surface area contributed by atoms with Crippen LogP contribution in [0.1, 0.15) is 33.6 Å². The van der Waals surface area contributed by atoms with Gasteiger partial charge in [-0.2, -0.15) is 0 Å². The van der Waals surface area contributed by atoms with Crippen LogP contribution >= 0.6 is 0 Å². The van der Waals surface area contributed by atoms with E-state index < -0.39 is 11.2 Å². The van der Waals surface area contributed by atoms with E-state index in [9.17, 15) is 9.90 Å².